The molecule has 0 bridgehead atoms. The van der Waals surface area contributed by atoms with Crippen LogP contribution in [0.1, 0.15) is 60.8 Å². The second kappa shape index (κ2) is 10.9. The number of amides is 1. The fourth-order valence-corrected chi connectivity index (χ4v) is 6.46. The van der Waals surface area contributed by atoms with Gasteiger partial charge in [0.1, 0.15) is 17.9 Å². The predicted octanol–water partition coefficient (Wildman–Crippen LogP) is 6.38. The summed E-state index contributed by atoms with van der Waals surface area (Å²) in [6.45, 7) is 5.18. The molecule has 0 radical (unpaired) electrons. The third-order valence-corrected chi connectivity index (χ3v) is 9.01. The van der Waals surface area contributed by atoms with E-state index in [2.05, 4.69) is 0 Å². The highest BCUT2D eigenvalue weighted by atomic mass is 35.5. The highest BCUT2D eigenvalue weighted by Crippen LogP contribution is 2.40. The second-order valence-corrected chi connectivity index (χ2v) is 11.6. The van der Waals surface area contributed by atoms with Crippen molar-refractivity contribution in [1.82, 2.24) is 4.90 Å². The van der Waals surface area contributed by atoms with Gasteiger partial charge in [-0.15, -0.1) is 0 Å². The molecule has 1 aliphatic heterocycles. The highest BCUT2D eigenvalue weighted by Gasteiger charge is 2.43. The van der Waals surface area contributed by atoms with E-state index >= 15 is 0 Å². The molecular weight excluding hydrogens is 525 g/mol. The first-order valence-corrected chi connectivity index (χ1v) is 14.0. The van der Waals surface area contributed by atoms with Gasteiger partial charge in [0.15, 0.2) is 0 Å². The first kappa shape index (κ1) is 27.0. The summed E-state index contributed by atoms with van der Waals surface area (Å²) in [5.74, 6) is 0.774. The molecule has 2 fully saturated rings. The maximum atomic E-state index is 13.0. The number of carbonyl (C=O) groups is 1. The van der Waals surface area contributed by atoms with Crippen LogP contribution >= 0.6 is 23.2 Å². The number of aliphatic hydroxyl groups is 1. The lowest BCUT2D eigenvalue weighted by molar-refractivity contribution is -0.143. The smallest absolute Gasteiger partial charge is 0.339 e. The number of fused-ring (bicyclic) bond motifs is 2. The molecule has 6 nitrogen and oxygen atoms in total. The Morgan fingerprint density at radius 2 is 1.97 bits per heavy atom. The molecule has 2 atom stereocenters. The summed E-state index contributed by atoms with van der Waals surface area (Å²) < 4.78 is 11.8. The number of aryl methyl sites for hydroxylation is 2. The largest absolute Gasteiger partial charge is 0.488 e. The van der Waals surface area contributed by atoms with Crippen molar-refractivity contribution < 1.29 is 19.1 Å². The Hall–Kier alpha value is -2.54. The van der Waals surface area contributed by atoms with Gasteiger partial charge in [-0.05, 0) is 69.4 Å². The quantitative estimate of drug-likeness (QED) is 0.355. The summed E-state index contributed by atoms with van der Waals surface area (Å²) in [4.78, 5) is 27.9. The standard InChI is InChI=1S/C30H33Cl2NO5/c1-18-23-8-10-26(37-17-20-6-7-22(31)15-25(20)32)19(2)28(23)38-29(35)24(18)9-11-27(34)33-14-13-30(36)12-4-3-5-21(30)16-33/h6-8,10,15,21,36H,3-5,9,11-14,16-17H2,1-2H3/t21-,30-/m1/s1. The van der Waals surface area contributed by atoms with E-state index in [0.29, 0.717) is 52.9 Å². The summed E-state index contributed by atoms with van der Waals surface area (Å²) in [5.41, 5.74) is 2.31. The number of carbonyl (C=O) groups excluding carboxylic acids is 1. The lowest BCUT2D eigenvalue weighted by Crippen LogP contribution is -2.54. The van der Waals surface area contributed by atoms with E-state index in [1.807, 2.05) is 36.9 Å². The molecular formula is C30H33Cl2NO5. The van der Waals surface area contributed by atoms with E-state index in [9.17, 15) is 14.7 Å². The summed E-state index contributed by atoms with van der Waals surface area (Å²) in [6.07, 6.45) is 5.15. The number of likely N-dealkylation sites (tertiary alicyclic amines) is 1. The van der Waals surface area contributed by atoms with Gasteiger partial charge in [0.2, 0.25) is 5.91 Å². The molecule has 0 unspecified atom stereocenters. The molecule has 1 aliphatic carbocycles. The van der Waals surface area contributed by atoms with Gasteiger partial charge in [-0.1, -0.05) is 42.1 Å². The predicted molar refractivity (Wildman–Crippen MR) is 149 cm³/mol. The topological polar surface area (TPSA) is 80.0 Å². The Balaban J connectivity index is 1.29. The molecule has 2 aromatic carbocycles. The van der Waals surface area contributed by atoms with Crippen LogP contribution in [0.25, 0.3) is 11.0 Å². The Bertz CT molecular complexity index is 1430. The molecule has 1 aromatic heterocycles. The fourth-order valence-electron chi connectivity index (χ4n) is 6.00. The lowest BCUT2D eigenvalue weighted by Gasteiger charge is -2.47. The first-order chi connectivity index (χ1) is 18.2. The molecule has 1 amide bonds. The summed E-state index contributed by atoms with van der Waals surface area (Å²) >= 11 is 12.2. The number of hydrogen-bond acceptors (Lipinski definition) is 5. The molecule has 0 spiro atoms. The van der Waals surface area contributed by atoms with Crippen molar-refractivity contribution in [3.63, 3.8) is 0 Å². The average molecular weight is 559 g/mol. The van der Waals surface area contributed by atoms with Crippen molar-refractivity contribution in [2.24, 2.45) is 5.92 Å². The van der Waals surface area contributed by atoms with E-state index in [0.717, 1.165) is 47.8 Å². The van der Waals surface area contributed by atoms with Crippen molar-refractivity contribution in [2.45, 2.75) is 71.0 Å². The van der Waals surface area contributed by atoms with Crippen molar-refractivity contribution in [3.8, 4) is 5.75 Å². The lowest BCUT2D eigenvalue weighted by atomic mass is 9.71. The van der Waals surface area contributed by atoms with E-state index in [-0.39, 0.29) is 24.9 Å². The maximum absolute atomic E-state index is 13.0. The normalized spacial score (nSPS) is 21.4. The van der Waals surface area contributed by atoms with E-state index in [4.69, 9.17) is 32.4 Å². The van der Waals surface area contributed by atoms with Gasteiger partial charge >= 0.3 is 5.63 Å². The van der Waals surface area contributed by atoms with Gasteiger partial charge in [0.25, 0.3) is 0 Å². The van der Waals surface area contributed by atoms with Gasteiger partial charge in [0.05, 0.1) is 5.60 Å². The number of benzene rings is 2. The van der Waals surface area contributed by atoms with E-state index in [1.54, 1.807) is 12.1 Å². The SMILES string of the molecule is Cc1c(CCC(=O)N2CC[C@]3(O)CCCC[C@@H]3C2)c(=O)oc2c(C)c(OCc3ccc(Cl)cc3Cl)ccc12. The van der Waals surface area contributed by atoms with Crippen molar-refractivity contribution in [1.29, 1.82) is 0 Å². The summed E-state index contributed by atoms with van der Waals surface area (Å²) in [7, 11) is 0. The van der Waals surface area contributed by atoms with E-state index < -0.39 is 11.2 Å². The van der Waals surface area contributed by atoms with Crippen LogP contribution in [0.2, 0.25) is 10.0 Å². The molecule has 8 heteroatoms. The number of ether oxygens (including phenoxy) is 1. The van der Waals surface area contributed by atoms with Crippen LogP contribution in [0.4, 0.5) is 0 Å². The Morgan fingerprint density at radius 3 is 2.76 bits per heavy atom. The molecule has 5 rings (SSSR count). The summed E-state index contributed by atoms with van der Waals surface area (Å²) in [6, 6.07) is 9.00. The number of piperidine rings is 1. The van der Waals surface area contributed by atoms with Gasteiger partial charge in [0, 0.05) is 57.6 Å². The van der Waals surface area contributed by atoms with E-state index in [1.165, 1.54) is 0 Å². The maximum Gasteiger partial charge on any atom is 0.339 e. The van der Waals surface area contributed by atoms with Crippen LogP contribution < -0.4 is 10.4 Å². The van der Waals surface area contributed by atoms with Crippen LogP contribution in [-0.2, 0) is 17.8 Å². The molecule has 1 N–H and O–H groups in total. The van der Waals surface area contributed by atoms with Gasteiger partial charge < -0.3 is 19.2 Å². The highest BCUT2D eigenvalue weighted by molar-refractivity contribution is 6.35. The van der Waals surface area contributed by atoms with Crippen LogP contribution in [-0.4, -0.2) is 34.6 Å². The van der Waals surface area contributed by atoms with Gasteiger partial charge in [-0.25, -0.2) is 4.79 Å². The second-order valence-electron chi connectivity index (χ2n) is 10.7. The Labute approximate surface area is 232 Å². The van der Waals surface area contributed by atoms with Crippen LogP contribution in [0.15, 0.2) is 39.5 Å². The number of nitrogens with zero attached hydrogens (tertiary/aromatic N) is 1. The van der Waals surface area contributed by atoms with Crippen molar-refractivity contribution in [3.05, 3.63) is 73.1 Å². The average Bonchev–Trinajstić information content (AvgIpc) is 2.88. The minimum absolute atomic E-state index is 0.0253. The minimum atomic E-state index is -0.619. The molecule has 1 saturated carbocycles. The fraction of sp³-hybridized carbons (Fsp3) is 0.467. The number of hydrogen-bond donors (Lipinski definition) is 1. The van der Waals surface area contributed by atoms with Crippen LogP contribution in [0, 0.1) is 19.8 Å². The summed E-state index contributed by atoms with van der Waals surface area (Å²) in [5, 5.41) is 12.8. The van der Waals surface area contributed by atoms with Crippen molar-refractivity contribution >= 4 is 40.1 Å². The third-order valence-electron chi connectivity index (χ3n) is 8.42. The molecule has 202 valence electrons. The Morgan fingerprint density at radius 1 is 1.16 bits per heavy atom. The van der Waals surface area contributed by atoms with Gasteiger partial charge in [-0.3, -0.25) is 4.79 Å². The van der Waals surface area contributed by atoms with Gasteiger partial charge in [-0.2, -0.15) is 0 Å². The van der Waals surface area contributed by atoms with Crippen molar-refractivity contribution in [2.75, 3.05) is 13.1 Å². The van der Waals surface area contributed by atoms with Crippen LogP contribution in [0.5, 0.6) is 5.75 Å². The third kappa shape index (κ3) is 5.31. The molecule has 2 heterocycles. The minimum Gasteiger partial charge on any atom is -0.488 e. The monoisotopic (exact) mass is 557 g/mol. The molecule has 3 aromatic rings. The molecule has 38 heavy (non-hydrogen) atoms. The zero-order valence-electron chi connectivity index (χ0n) is 21.8. The number of halogens is 2. The zero-order chi connectivity index (χ0) is 27.0. The molecule has 2 aliphatic rings. The first-order valence-electron chi connectivity index (χ1n) is 13.3. The molecule has 1 saturated heterocycles. The Kier molecular flexibility index (Phi) is 7.77. The number of rotatable bonds is 6. The zero-order valence-corrected chi connectivity index (χ0v) is 23.3. The van der Waals surface area contributed by atoms with Crippen LogP contribution in [0.3, 0.4) is 0 Å².